The molecule has 0 saturated heterocycles. The number of Topliss-reactive ketones (excluding diaryl/α,β-unsaturated/α-hetero) is 1. The van der Waals surface area contributed by atoms with Crippen molar-refractivity contribution in [1.82, 2.24) is 4.90 Å². The largest absolute Gasteiger partial charge is 0.485 e. The summed E-state index contributed by atoms with van der Waals surface area (Å²) < 4.78 is 5.72. The number of carbonyl (C=O) groups excluding carboxylic acids is 1. The zero-order chi connectivity index (χ0) is 19.3. The van der Waals surface area contributed by atoms with Gasteiger partial charge < -0.3 is 9.64 Å². The summed E-state index contributed by atoms with van der Waals surface area (Å²) in [7, 11) is 1.94. The molecular weight excluding hydrogens is 348 g/mol. The Morgan fingerprint density at radius 2 is 1.92 bits per heavy atom. The molecule has 5 heteroatoms. The molecule has 0 aliphatic carbocycles. The minimum atomic E-state index is -0.105. The molecule has 4 nitrogen and oxygen atoms in total. The number of ketones is 1. The maximum Gasteiger partial charge on any atom is 0.200 e. The Morgan fingerprint density at radius 3 is 2.62 bits per heavy atom. The van der Waals surface area contributed by atoms with Crippen LogP contribution in [0, 0.1) is 20.8 Å². The number of aryl methyl sites for hydroxylation is 3. The van der Waals surface area contributed by atoms with E-state index < -0.39 is 0 Å². The van der Waals surface area contributed by atoms with Crippen LogP contribution in [0.2, 0.25) is 5.02 Å². The van der Waals surface area contributed by atoms with Gasteiger partial charge in [-0.1, -0.05) is 23.7 Å². The van der Waals surface area contributed by atoms with Gasteiger partial charge in [0.2, 0.25) is 5.78 Å². The van der Waals surface area contributed by atoms with E-state index in [2.05, 4.69) is 4.99 Å². The van der Waals surface area contributed by atoms with Crippen molar-refractivity contribution in [2.45, 2.75) is 27.7 Å². The number of ether oxygens (including phenoxy) is 1. The summed E-state index contributed by atoms with van der Waals surface area (Å²) >= 11 is 6.31. The lowest BCUT2D eigenvalue weighted by atomic mass is 10.0. The van der Waals surface area contributed by atoms with E-state index >= 15 is 0 Å². The topological polar surface area (TPSA) is 41.9 Å². The molecule has 0 spiro atoms. The van der Waals surface area contributed by atoms with Crippen LogP contribution in [-0.4, -0.2) is 37.2 Å². The van der Waals surface area contributed by atoms with Gasteiger partial charge in [0.25, 0.3) is 0 Å². The lowest BCUT2D eigenvalue weighted by molar-refractivity contribution is 0.0920. The zero-order valence-corrected chi connectivity index (χ0v) is 16.7. The molecule has 2 rings (SSSR count). The number of benzene rings is 2. The first-order valence-corrected chi connectivity index (χ1v) is 8.97. The first-order valence-electron chi connectivity index (χ1n) is 8.59. The number of hydrogen-bond acceptors (Lipinski definition) is 3. The average Bonchev–Trinajstić information content (AvgIpc) is 2.62. The molecule has 0 unspecified atom stereocenters. The molecule has 0 aliphatic rings. The lowest BCUT2D eigenvalue weighted by Gasteiger charge is -2.12. The van der Waals surface area contributed by atoms with Gasteiger partial charge in [-0.15, -0.1) is 0 Å². The summed E-state index contributed by atoms with van der Waals surface area (Å²) in [5.41, 5.74) is 4.13. The van der Waals surface area contributed by atoms with Gasteiger partial charge in [0.1, 0.15) is 5.75 Å². The Bertz CT molecular complexity index is 831. The second kappa shape index (κ2) is 8.86. The highest BCUT2D eigenvalue weighted by Gasteiger charge is 2.14. The van der Waals surface area contributed by atoms with Crippen molar-refractivity contribution in [2.75, 3.05) is 20.2 Å². The number of hydrogen-bond donors (Lipinski definition) is 0. The van der Waals surface area contributed by atoms with Crippen molar-refractivity contribution in [1.29, 1.82) is 0 Å². The van der Waals surface area contributed by atoms with Gasteiger partial charge in [-0.3, -0.25) is 4.79 Å². The van der Waals surface area contributed by atoms with Crippen molar-refractivity contribution in [3.8, 4) is 5.75 Å². The van der Waals surface area contributed by atoms with E-state index in [1.165, 1.54) is 0 Å². The highest BCUT2D eigenvalue weighted by atomic mass is 35.5. The van der Waals surface area contributed by atoms with Crippen molar-refractivity contribution in [3.05, 3.63) is 57.6 Å². The van der Waals surface area contributed by atoms with E-state index in [1.54, 1.807) is 12.4 Å². The van der Waals surface area contributed by atoms with E-state index in [1.807, 2.05) is 63.9 Å². The van der Waals surface area contributed by atoms with Crippen LogP contribution in [0.3, 0.4) is 0 Å². The minimum Gasteiger partial charge on any atom is -0.485 e. The fraction of sp³-hybridized carbons (Fsp3) is 0.333. The van der Waals surface area contributed by atoms with Crippen LogP contribution in [0.1, 0.15) is 34.0 Å². The second-order valence-corrected chi connectivity index (χ2v) is 6.82. The second-order valence-electron chi connectivity index (χ2n) is 6.42. The average molecular weight is 373 g/mol. The van der Waals surface area contributed by atoms with E-state index in [9.17, 15) is 4.79 Å². The first-order chi connectivity index (χ1) is 12.3. The van der Waals surface area contributed by atoms with Gasteiger partial charge in [0, 0.05) is 19.2 Å². The highest BCUT2D eigenvalue weighted by Crippen LogP contribution is 2.29. The van der Waals surface area contributed by atoms with Crippen LogP contribution in [-0.2, 0) is 0 Å². The summed E-state index contributed by atoms with van der Waals surface area (Å²) in [5.74, 6) is 0.623. The van der Waals surface area contributed by atoms with E-state index in [4.69, 9.17) is 16.3 Å². The Balaban J connectivity index is 2.15. The van der Waals surface area contributed by atoms with Crippen LogP contribution in [0.5, 0.6) is 5.75 Å². The third-order valence-electron chi connectivity index (χ3n) is 4.19. The van der Waals surface area contributed by atoms with Gasteiger partial charge in [-0.05, 0) is 62.6 Å². The Kier molecular flexibility index (Phi) is 6.81. The Labute approximate surface area is 160 Å². The monoisotopic (exact) mass is 372 g/mol. The predicted molar refractivity (Wildman–Crippen MR) is 108 cm³/mol. The van der Waals surface area contributed by atoms with Crippen molar-refractivity contribution < 1.29 is 9.53 Å². The maximum absolute atomic E-state index is 12.6. The molecule has 138 valence electrons. The van der Waals surface area contributed by atoms with Crippen LogP contribution in [0.15, 0.2) is 35.3 Å². The van der Waals surface area contributed by atoms with Crippen LogP contribution in [0.25, 0.3) is 0 Å². The van der Waals surface area contributed by atoms with E-state index in [0.29, 0.717) is 16.3 Å². The van der Waals surface area contributed by atoms with Crippen molar-refractivity contribution in [2.24, 2.45) is 4.99 Å². The molecule has 0 fully saturated rings. The number of carbonyl (C=O) groups is 1. The van der Waals surface area contributed by atoms with Gasteiger partial charge in [-0.2, -0.15) is 0 Å². The predicted octanol–water partition coefficient (Wildman–Crippen LogP) is 5.14. The molecule has 26 heavy (non-hydrogen) atoms. The third kappa shape index (κ3) is 5.09. The lowest BCUT2D eigenvalue weighted by Crippen LogP contribution is -2.14. The zero-order valence-electron chi connectivity index (χ0n) is 16.0. The fourth-order valence-electron chi connectivity index (χ4n) is 2.39. The molecule has 0 bridgehead atoms. The molecule has 2 aromatic rings. The molecule has 0 N–H and O–H groups in total. The van der Waals surface area contributed by atoms with Gasteiger partial charge in [0.05, 0.1) is 17.0 Å². The summed E-state index contributed by atoms with van der Waals surface area (Å²) in [6.07, 6.45) is 1.73. The van der Waals surface area contributed by atoms with Gasteiger partial charge in [0.15, 0.2) is 6.61 Å². The maximum atomic E-state index is 12.6. The summed E-state index contributed by atoms with van der Waals surface area (Å²) in [4.78, 5) is 18.9. The molecule has 0 radical (unpaired) electrons. The molecule has 2 aromatic carbocycles. The van der Waals surface area contributed by atoms with Crippen LogP contribution in [0.4, 0.5) is 5.69 Å². The summed E-state index contributed by atoms with van der Waals surface area (Å²) in [6.45, 7) is 8.70. The molecule has 0 atom stereocenters. The summed E-state index contributed by atoms with van der Waals surface area (Å²) in [6, 6.07) is 9.43. The van der Waals surface area contributed by atoms with Gasteiger partial charge >= 0.3 is 0 Å². The molecule has 0 aromatic heterocycles. The first kappa shape index (κ1) is 20.0. The Morgan fingerprint density at radius 1 is 1.19 bits per heavy atom. The number of aliphatic imine (C=N–C) groups is 1. The molecule has 0 saturated carbocycles. The van der Waals surface area contributed by atoms with E-state index in [-0.39, 0.29) is 12.4 Å². The standard InChI is InChI=1S/C21H25ClN2O2/c1-6-24(5)13-23-19-10-16(4)17(11-18(19)22)20(25)12-26-21-9-14(2)7-8-15(21)3/h7-11,13H,6,12H2,1-5H3. The number of nitrogens with zero attached hydrogens (tertiary/aromatic N) is 2. The molecule has 0 aliphatic heterocycles. The molecule has 0 amide bonds. The SMILES string of the molecule is CCN(C)C=Nc1cc(C)c(C(=O)COc2cc(C)ccc2C)cc1Cl. The Hall–Kier alpha value is -2.33. The van der Waals surface area contributed by atoms with Gasteiger partial charge in [-0.25, -0.2) is 4.99 Å². The normalized spacial score (nSPS) is 11.0. The minimum absolute atomic E-state index is 0.0251. The quantitative estimate of drug-likeness (QED) is 0.384. The summed E-state index contributed by atoms with van der Waals surface area (Å²) in [5, 5.41) is 0.450. The third-order valence-corrected chi connectivity index (χ3v) is 4.49. The van der Waals surface area contributed by atoms with Crippen molar-refractivity contribution in [3.63, 3.8) is 0 Å². The van der Waals surface area contributed by atoms with Crippen LogP contribution >= 0.6 is 11.6 Å². The number of rotatable bonds is 7. The van der Waals surface area contributed by atoms with Crippen LogP contribution < -0.4 is 4.74 Å². The number of halogens is 1. The fourth-order valence-corrected chi connectivity index (χ4v) is 2.60. The molecule has 0 heterocycles. The van der Waals surface area contributed by atoms with Crippen molar-refractivity contribution >= 4 is 29.4 Å². The smallest absolute Gasteiger partial charge is 0.200 e. The molecular formula is C21H25ClN2O2. The van der Waals surface area contributed by atoms with E-state index in [0.717, 1.165) is 29.0 Å². The highest BCUT2D eigenvalue weighted by molar-refractivity contribution is 6.33.